The van der Waals surface area contributed by atoms with Gasteiger partial charge in [0.05, 0.1) is 0 Å². The average molecular weight is 236 g/mol. The summed E-state index contributed by atoms with van der Waals surface area (Å²) in [6, 6.07) is 9.35. The van der Waals surface area contributed by atoms with Crippen LogP contribution < -0.4 is 10.1 Å². The van der Waals surface area contributed by atoms with E-state index in [-0.39, 0.29) is 5.91 Å². The molecule has 0 unspecified atom stereocenters. The first-order valence-corrected chi connectivity index (χ1v) is 5.73. The molecule has 1 aromatic rings. The highest BCUT2D eigenvalue weighted by Gasteiger charge is 2.13. The highest BCUT2D eigenvalue weighted by atomic mass is 16.5. The van der Waals surface area contributed by atoms with Crippen LogP contribution in [0.4, 0.5) is 0 Å². The fraction of sp³-hybridized carbons (Fsp3) is 0.462. The maximum absolute atomic E-state index is 11.7. The van der Waals surface area contributed by atoms with Crippen molar-refractivity contribution < 1.29 is 9.53 Å². The molecule has 1 aromatic carbocycles. The number of para-hydroxylation sites is 1. The number of nitrogens with zero attached hydrogens (tertiary/aromatic N) is 1. The lowest BCUT2D eigenvalue weighted by Gasteiger charge is -2.15. The van der Waals surface area contributed by atoms with Gasteiger partial charge in [0.25, 0.3) is 5.91 Å². The van der Waals surface area contributed by atoms with Crippen LogP contribution in [0.25, 0.3) is 0 Å². The monoisotopic (exact) mass is 236 g/mol. The molecule has 94 valence electrons. The average Bonchev–Trinajstić information content (AvgIpc) is 2.29. The van der Waals surface area contributed by atoms with Crippen molar-refractivity contribution >= 4 is 5.91 Å². The normalized spacial score (nSPS) is 12.2. The summed E-state index contributed by atoms with van der Waals surface area (Å²) in [5, 5.41) is 2.83. The highest BCUT2D eigenvalue weighted by molar-refractivity contribution is 5.80. The number of likely N-dealkylation sites (N-methyl/N-ethyl adjacent to an activating group) is 1. The zero-order chi connectivity index (χ0) is 12.7. The van der Waals surface area contributed by atoms with E-state index in [0.29, 0.717) is 12.3 Å². The van der Waals surface area contributed by atoms with Crippen LogP contribution >= 0.6 is 0 Å². The lowest BCUT2D eigenvalue weighted by atomic mass is 10.3. The molecule has 0 aliphatic carbocycles. The molecule has 1 N–H and O–H groups in total. The van der Waals surface area contributed by atoms with E-state index in [1.165, 1.54) is 0 Å². The third-order valence-electron chi connectivity index (χ3n) is 2.28. The van der Waals surface area contributed by atoms with Gasteiger partial charge in [0.15, 0.2) is 6.10 Å². The van der Waals surface area contributed by atoms with Crippen molar-refractivity contribution in [2.24, 2.45) is 0 Å². The van der Waals surface area contributed by atoms with E-state index in [2.05, 4.69) is 5.32 Å². The first-order valence-electron chi connectivity index (χ1n) is 5.73. The molecule has 4 nitrogen and oxygen atoms in total. The largest absolute Gasteiger partial charge is 0.481 e. The Kier molecular flexibility index (Phi) is 5.49. The number of rotatable bonds is 6. The molecule has 0 saturated heterocycles. The SMILES string of the molecule is C[C@@H](Oc1ccccc1)C(=O)NCCN(C)C. The summed E-state index contributed by atoms with van der Waals surface area (Å²) in [7, 11) is 3.94. The number of hydrogen-bond acceptors (Lipinski definition) is 3. The summed E-state index contributed by atoms with van der Waals surface area (Å²) in [5.41, 5.74) is 0. The van der Waals surface area contributed by atoms with Crippen LogP contribution in [0.15, 0.2) is 30.3 Å². The molecule has 0 radical (unpaired) electrons. The van der Waals surface area contributed by atoms with Crippen LogP contribution in [0.1, 0.15) is 6.92 Å². The summed E-state index contributed by atoms with van der Waals surface area (Å²) in [5.74, 6) is 0.624. The minimum absolute atomic E-state index is 0.0873. The van der Waals surface area contributed by atoms with Gasteiger partial charge >= 0.3 is 0 Å². The Morgan fingerprint density at radius 2 is 2.00 bits per heavy atom. The zero-order valence-electron chi connectivity index (χ0n) is 10.6. The van der Waals surface area contributed by atoms with Gasteiger partial charge in [-0.25, -0.2) is 0 Å². The molecule has 0 saturated carbocycles. The number of benzene rings is 1. The van der Waals surface area contributed by atoms with Gasteiger partial charge in [0.1, 0.15) is 5.75 Å². The van der Waals surface area contributed by atoms with E-state index in [1.807, 2.05) is 49.3 Å². The Bertz CT molecular complexity index is 339. The molecule has 0 bridgehead atoms. The van der Waals surface area contributed by atoms with E-state index in [1.54, 1.807) is 6.92 Å². The molecule has 0 aliphatic rings. The summed E-state index contributed by atoms with van der Waals surface area (Å²) in [6.45, 7) is 3.20. The summed E-state index contributed by atoms with van der Waals surface area (Å²) in [4.78, 5) is 13.7. The van der Waals surface area contributed by atoms with Gasteiger partial charge in [-0.15, -0.1) is 0 Å². The second kappa shape index (κ2) is 6.91. The van der Waals surface area contributed by atoms with Gasteiger partial charge in [0, 0.05) is 13.1 Å². The smallest absolute Gasteiger partial charge is 0.260 e. The van der Waals surface area contributed by atoms with Gasteiger partial charge in [-0.3, -0.25) is 4.79 Å². The summed E-state index contributed by atoms with van der Waals surface area (Å²) < 4.78 is 5.51. The topological polar surface area (TPSA) is 41.6 Å². The van der Waals surface area contributed by atoms with E-state index in [9.17, 15) is 4.79 Å². The van der Waals surface area contributed by atoms with Gasteiger partial charge in [-0.2, -0.15) is 0 Å². The second-order valence-corrected chi connectivity index (χ2v) is 4.17. The van der Waals surface area contributed by atoms with Crippen molar-refractivity contribution in [2.45, 2.75) is 13.0 Å². The van der Waals surface area contributed by atoms with Gasteiger partial charge < -0.3 is 15.0 Å². The summed E-state index contributed by atoms with van der Waals surface area (Å²) in [6.07, 6.45) is -0.473. The van der Waals surface area contributed by atoms with Crippen LogP contribution in [0.3, 0.4) is 0 Å². The third kappa shape index (κ3) is 5.36. The predicted molar refractivity (Wildman–Crippen MR) is 68.1 cm³/mol. The van der Waals surface area contributed by atoms with Crippen molar-refractivity contribution in [3.63, 3.8) is 0 Å². The maximum Gasteiger partial charge on any atom is 0.260 e. The van der Waals surface area contributed by atoms with Gasteiger partial charge in [-0.05, 0) is 33.2 Å². The molecule has 0 aromatic heterocycles. The van der Waals surface area contributed by atoms with E-state index in [0.717, 1.165) is 6.54 Å². The molecule has 1 atom stereocenters. The Labute approximate surface area is 103 Å². The lowest BCUT2D eigenvalue weighted by molar-refractivity contribution is -0.127. The second-order valence-electron chi connectivity index (χ2n) is 4.17. The van der Waals surface area contributed by atoms with Crippen molar-refractivity contribution in [3.8, 4) is 5.75 Å². The minimum Gasteiger partial charge on any atom is -0.481 e. The Morgan fingerprint density at radius 1 is 1.35 bits per heavy atom. The molecular formula is C13H20N2O2. The van der Waals surface area contributed by atoms with Crippen LogP contribution in [-0.4, -0.2) is 44.1 Å². The van der Waals surface area contributed by atoms with Crippen LogP contribution in [0, 0.1) is 0 Å². The Balaban J connectivity index is 2.32. The van der Waals surface area contributed by atoms with E-state index < -0.39 is 6.10 Å². The number of hydrogen-bond donors (Lipinski definition) is 1. The molecule has 1 amide bonds. The molecule has 17 heavy (non-hydrogen) atoms. The molecule has 1 rings (SSSR count). The van der Waals surface area contributed by atoms with E-state index in [4.69, 9.17) is 4.74 Å². The molecule has 0 spiro atoms. The number of ether oxygens (including phenoxy) is 1. The molecule has 4 heteroatoms. The molecule has 0 heterocycles. The predicted octanol–water partition coefficient (Wildman–Crippen LogP) is 1.13. The number of nitrogens with one attached hydrogen (secondary N) is 1. The van der Waals surface area contributed by atoms with Gasteiger partial charge in [0.2, 0.25) is 0 Å². The molecule has 0 fully saturated rings. The fourth-order valence-electron chi connectivity index (χ4n) is 1.30. The molecule has 0 aliphatic heterocycles. The van der Waals surface area contributed by atoms with Crippen molar-refractivity contribution in [1.29, 1.82) is 0 Å². The quantitative estimate of drug-likeness (QED) is 0.805. The highest BCUT2D eigenvalue weighted by Crippen LogP contribution is 2.10. The zero-order valence-corrected chi connectivity index (χ0v) is 10.6. The Hall–Kier alpha value is -1.55. The third-order valence-corrected chi connectivity index (χ3v) is 2.28. The maximum atomic E-state index is 11.7. The van der Waals surface area contributed by atoms with Crippen molar-refractivity contribution in [3.05, 3.63) is 30.3 Å². The first-order chi connectivity index (χ1) is 8.09. The fourth-order valence-corrected chi connectivity index (χ4v) is 1.30. The van der Waals surface area contributed by atoms with Crippen LogP contribution in [0.2, 0.25) is 0 Å². The number of amides is 1. The van der Waals surface area contributed by atoms with Crippen LogP contribution in [0.5, 0.6) is 5.75 Å². The van der Waals surface area contributed by atoms with Gasteiger partial charge in [-0.1, -0.05) is 18.2 Å². The van der Waals surface area contributed by atoms with Crippen molar-refractivity contribution in [1.82, 2.24) is 10.2 Å². The minimum atomic E-state index is -0.473. The standard InChI is InChI=1S/C13H20N2O2/c1-11(13(16)14-9-10-15(2)3)17-12-7-5-4-6-8-12/h4-8,11H,9-10H2,1-3H3,(H,14,16)/t11-/m1/s1. The number of carbonyl (C=O) groups excluding carboxylic acids is 1. The van der Waals surface area contributed by atoms with Crippen molar-refractivity contribution in [2.75, 3.05) is 27.2 Å². The lowest BCUT2D eigenvalue weighted by Crippen LogP contribution is -2.39. The Morgan fingerprint density at radius 3 is 2.59 bits per heavy atom. The first kappa shape index (κ1) is 13.5. The number of carbonyl (C=O) groups is 1. The van der Waals surface area contributed by atoms with Crippen LogP contribution in [-0.2, 0) is 4.79 Å². The summed E-state index contributed by atoms with van der Waals surface area (Å²) >= 11 is 0. The molecular weight excluding hydrogens is 216 g/mol. The van der Waals surface area contributed by atoms with E-state index >= 15 is 0 Å².